The second-order valence-corrected chi connectivity index (χ2v) is 3.83. The van der Waals surface area contributed by atoms with E-state index in [0.29, 0.717) is 0 Å². The molecule has 4 N–H and O–H groups in total. The maximum Gasteiger partial charge on any atom is 0.262 e. The lowest BCUT2D eigenvalue weighted by Crippen LogP contribution is -2.20. The quantitative estimate of drug-likeness (QED) is 0.683. The van der Waals surface area contributed by atoms with Crippen LogP contribution in [0.1, 0.15) is 10.4 Å². The third-order valence-electron chi connectivity index (χ3n) is 1.73. The molecule has 0 saturated heterocycles. The van der Waals surface area contributed by atoms with Crippen LogP contribution in [-0.4, -0.2) is 21.1 Å². The summed E-state index contributed by atoms with van der Waals surface area (Å²) in [5.41, 5.74) is 4.99. The van der Waals surface area contributed by atoms with Gasteiger partial charge in [0.15, 0.2) is 5.43 Å². The molecule has 0 spiro atoms. The molecule has 0 atom stereocenters. The zero-order valence-corrected chi connectivity index (χ0v) is 8.75. The smallest absolute Gasteiger partial charge is 0.262 e. The first-order valence-electron chi connectivity index (χ1n) is 4.24. The Bertz CT molecular complexity index is 576. The zero-order chi connectivity index (χ0) is 11.5. The average molecular weight is 237 g/mol. The van der Waals surface area contributed by atoms with Gasteiger partial charge in [-0.15, -0.1) is 10.2 Å². The molecule has 0 aromatic carbocycles. The van der Waals surface area contributed by atoms with Crippen LogP contribution < -0.4 is 16.5 Å². The molecule has 2 aromatic heterocycles. The fourth-order valence-corrected chi connectivity index (χ4v) is 1.55. The molecule has 0 bridgehead atoms. The van der Waals surface area contributed by atoms with Crippen LogP contribution in [0.5, 0.6) is 0 Å². The minimum absolute atomic E-state index is 0.0104. The van der Waals surface area contributed by atoms with Crippen molar-refractivity contribution in [1.29, 1.82) is 0 Å². The largest absolute Gasteiger partial charge is 0.374 e. The summed E-state index contributed by atoms with van der Waals surface area (Å²) < 4.78 is 0. The number of H-pyrrole nitrogens is 1. The van der Waals surface area contributed by atoms with Crippen molar-refractivity contribution in [3.8, 4) is 0 Å². The van der Waals surface area contributed by atoms with E-state index in [9.17, 15) is 9.59 Å². The highest BCUT2D eigenvalue weighted by molar-refractivity contribution is 7.19. The van der Waals surface area contributed by atoms with Gasteiger partial charge >= 0.3 is 0 Å². The molecule has 82 valence electrons. The van der Waals surface area contributed by atoms with E-state index in [-0.39, 0.29) is 21.3 Å². The van der Waals surface area contributed by atoms with E-state index in [1.54, 1.807) is 0 Å². The maximum absolute atomic E-state index is 11.6. The van der Waals surface area contributed by atoms with Crippen LogP contribution in [0.3, 0.4) is 0 Å². The number of pyridine rings is 1. The van der Waals surface area contributed by atoms with Gasteiger partial charge in [-0.05, 0) is 0 Å². The molecule has 0 aliphatic heterocycles. The van der Waals surface area contributed by atoms with E-state index < -0.39 is 5.91 Å². The summed E-state index contributed by atoms with van der Waals surface area (Å²) in [6.07, 6.45) is 2.77. The van der Waals surface area contributed by atoms with Crippen LogP contribution in [0.15, 0.2) is 23.3 Å². The number of carbonyl (C=O) groups excluding carboxylic acids is 1. The minimum Gasteiger partial charge on any atom is -0.374 e. The molecular weight excluding hydrogens is 230 g/mol. The van der Waals surface area contributed by atoms with Gasteiger partial charge < -0.3 is 10.7 Å². The molecule has 16 heavy (non-hydrogen) atoms. The number of nitrogens with zero attached hydrogens (tertiary/aromatic N) is 2. The maximum atomic E-state index is 11.6. The molecule has 0 aliphatic rings. The molecule has 0 unspecified atom stereocenters. The average Bonchev–Trinajstić information content (AvgIpc) is 2.64. The molecule has 2 aromatic rings. The predicted octanol–water partition coefficient (Wildman–Crippen LogP) is 0.0609. The van der Waals surface area contributed by atoms with Crippen LogP contribution in [0.4, 0.5) is 10.3 Å². The van der Waals surface area contributed by atoms with Gasteiger partial charge in [-0.3, -0.25) is 14.9 Å². The van der Waals surface area contributed by atoms with E-state index in [2.05, 4.69) is 20.5 Å². The van der Waals surface area contributed by atoms with Gasteiger partial charge in [0.2, 0.25) is 10.3 Å². The van der Waals surface area contributed by atoms with Gasteiger partial charge in [0, 0.05) is 18.5 Å². The van der Waals surface area contributed by atoms with Crippen molar-refractivity contribution in [1.82, 2.24) is 15.2 Å². The monoisotopic (exact) mass is 237 g/mol. The van der Waals surface area contributed by atoms with Crippen molar-refractivity contribution in [3.05, 3.63) is 34.2 Å². The third-order valence-corrected chi connectivity index (χ3v) is 2.40. The summed E-state index contributed by atoms with van der Waals surface area (Å²) in [4.78, 5) is 25.6. The van der Waals surface area contributed by atoms with E-state index in [4.69, 9.17) is 5.73 Å². The Morgan fingerprint density at radius 3 is 2.94 bits per heavy atom. The van der Waals surface area contributed by atoms with Crippen molar-refractivity contribution in [3.63, 3.8) is 0 Å². The van der Waals surface area contributed by atoms with Gasteiger partial charge in [-0.25, -0.2) is 0 Å². The Hall–Kier alpha value is -2.22. The summed E-state index contributed by atoms with van der Waals surface area (Å²) in [5.74, 6) is -0.544. The molecule has 7 nitrogen and oxygen atoms in total. The van der Waals surface area contributed by atoms with Gasteiger partial charge in [-0.1, -0.05) is 11.3 Å². The summed E-state index contributed by atoms with van der Waals surface area (Å²) >= 11 is 1.03. The van der Waals surface area contributed by atoms with Crippen molar-refractivity contribution < 1.29 is 4.79 Å². The zero-order valence-electron chi connectivity index (χ0n) is 7.93. The molecule has 0 fully saturated rings. The SMILES string of the molecule is Nc1nnc(NC(=O)c2c[nH]ccc2=O)s1. The Kier molecular flexibility index (Phi) is 2.64. The second-order valence-electron chi connectivity index (χ2n) is 2.82. The normalized spacial score (nSPS) is 10.0. The van der Waals surface area contributed by atoms with Crippen LogP contribution in [-0.2, 0) is 0 Å². The molecule has 2 rings (SSSR count). The minimum atomic E-state index is -0.544. The Morgan fingerprint density at radius 1 is 1.50 bits per heavy atom. The first-order valence-corrected chi connectivity index (χ1v) is 5.06. The van der Waals surface area contributed by atoms with Gasteiger partial charge in [-0.2, -0.15) is 0 Å². The van der Waals surface area contributed by atoms with Crippen molar-refractivity contribution >= 4 is 27.5 Å². The number of hydrogen-bond acceptors (Lipinski definition) is 6. The highest BCUT2D eigenvalue weighted by atomic mass is 32.1. The molecular formula is C8H7N5O2S. The lowest BCUT2D eigenvalue weighted by Gasteiger charge is -1.98. The van der Waals surface area contributed by atoms with E-state index >= 15 is 0 Å². The number of nitrogen functional groups attached to an aromatic ring is 1. The van der Waals surface area contributed by atoms with Crippen LogP contribution in [0.25, 0.3) is 0 Å². The third kappa shape index (κ3) is 2.06. The Morgan fingerprint density at radius 2 is 2.31 bits per heavy atom. The number of aromatic amines is 1. The van der Waals surface area contributed by atoms with Crippen LogP contribution in [0.2, 0.25) is 0 Å². The predicted molar refractivity (Wildman–Crippen MR) is 59.3 cm³/mol. The lowest BCUT2D eigenvalue weighted by atomic mass is 10.2. The van der Waals surface area contributed by atoms with Crippen LogP contribution >= 0.6 is 11.3 Å². The first kappa shape index (κ1) is 10.3. The van der Waals surface area contributed by atoms with Crippen LogP contribution in [0, 0.1) is 0 Å². The lowest BCUT2D eigenvalue weighted by molar-refractivity contribution is 0.102. The number of rotatable bonds is 2. The molecule has 0 aliphatic carbocycles. The number of nitrogens with two attached hydrogens (primary N) is 1. The number of anilines is 2. The summed E-state index contributed by atoms with van der Waals surface area (Å²) in [6.45, 7) is 0. The topological polar surface area (TPSA) is 114 Å². The van der Waals surface area contributed by atoms with E-state index in [1.165, 1.54) is 18.5 Å². The molecule has 2 heterocycles. The van der Waals surface area contributed by atoms with E-state index in [0.717, 1.165) is 11.3 Å². The highest BCUT2D eigenvalue weighted by Gasteiger charge is 2.11. The molecule has 8 heteroatoms. The number of aromatic nitrogens is 3. The molecule has 0 radical (unpaired) electrons. The highest BCUT2D eigenvalue weighted by Crippen LogP contribution is 2.16. The number of carbonyl (C=O) groups is 1. The van der Waals surface area contributed by atoms with Crippen molar-refractivity contribution in [2.75, 3.05) is 11.1 Å². The Balaban J connectivity index is 2.21. The number of nitrogens with one attached hydrogen (secondary N) is 2. The van der Waals surface area contributed by atoms with Crippen molar-refractivity contribution in [2.45, 2.75) is 0 Å². The number of amides is 1. The molecule has 0 saturated carbocycles. The van der Waals surface area contributed by atoms with Gasteiger partial charge in [0.05, 0.1) is 0 Å². The van der Waals surface area contributed by atoms with Gasteiger partial charge in [0.1, 0.15) is 5.56 Å². The fourth-order valence-electron chi connectivity index (χ4n) is 1.04. The summed E-state index contributed by atoms with van der Waals surface area (Å²) in [7, 11) is 0. The summed E-state index contributed by atoms with van der Waals surface area (Å²) in [6, 6.07) is 1.27. The fraction of sp³-hybridized carbons (Fsp3) is 0. The Labute approximate surface area is 93.3 Å². The molecule has 1 amide bonds. The standard InChI is InChI=1S/C8H7N5O2S/c9-7-12-13-8(16-7)11-6(15)4-3-10-2-1-5(4)14/h1-3H,(H2,9,12)(H,10,14)(H,11,13,15). The van der Waals surface area contributed by atoms with Crippen molar-refractivity contribution in [2.24, 2.45) is 0 Å². The summed E-state index contributed by atoms with van der Waals surface area (Å²) in [5, 5.41) is 10.1. The van der Waals surface area contributed by atoms with E-state index in [1.807, 2.05) is 0 Å². The first-order chi connectivity index (χ1) is 7.66. The number of hydrogen-bond donors (Lipinski definition) is 3. The second kappa shape index (κ2) is 4.11. The van der Waals surface area contributed by atoms with Gasteiger partial charge in [0.25, 0.3) is 5.91 Å².